The second-order valence-electron chi connectivity index (χ2n) is 7.02. The van der Waals surface area contributed by atoms with Gasteiger partial charge < -0.3 is 4.90 Å². The molecule has 1 fully saturated rings. The Bertz CT molecular complexity index is 1020. The summed E-state index contributed by atoms with van der Waals surface area (Å²) in [7, 11) is 0. The number of nitrogens with one attached hydrogen (secondary N) is 1. The lowest BCUT2D eigenvalue weighted by Gasteiger charge is -2.34. The number of aromatic nitrogens is 3. The van der Waals surface area contributed by atoms with Crippen molar-refractivity contribution in [2.75, 3.05) is 37.6 Å². The topological polar surface area (TPSA) is 60.4 Å². The van der Waals surface area contributed by atoms with E-state index in [4.69, 9.17) is 0 Å². The lowest BCUT2D eigenvalue weighted by atomic mass is 10.1. The van der Waals surface area contributed by atoms with Gasteiger partial charge in [-0.2, -0.15) is 4.98 Å². The molecule has 1 aliphatic heterocycles. The molecule has 0 radical (unpaired) electrons. The molecule has 152 valence electrons. The maximum absolute atomic E-state index is 13.3. The van der Waals surface area contributed by atoms with E-state index in [0.717, 1.165) is 54.8 Å². The van der Waals surface area contributed by atoms with Crippen LogP contribution in [0.3, 0.4) is 0 Å². The highest BCUT2D eigenvalue weighted by atomic mass is 32.1. The Labute approximate surface area is 171 Å². The number of piperazine rings is 1. The monoisotopic (exact) mass is 416 g/mol. The number of pyridine rings is 1. The van der Waals surface area contributed by atoms with Gasteiger partial charge in [-0.1, -0.05) is 6.07 Å². The van der Waals surface area contributed by atoms with Crippen LogP contribution in [0.15, 0.2) is 41.5 Å². The zero-order chi connectivity index (χ0) is 20.2. The summed E-state index contributed by atoms with van der Waals surface area (Å²) < 4.78 is 29.5. The highest BCUT2D eigenvalue weighted by Crippen LogP contribution is 2.17. The van der Waals surface area contributed by atoms with Crippen LogP contribution in [0, 0.1) is 18.6 Å². The van der Waals surface area contributed by atoms with Crippen LogP contribution in [-0.4, -0.2) is 52.0 Å². The van der Waals surface area contributed by atoms with Crippen LogP contribution >= 0.6 is 11.5 Å². The average molecular weight is 417 g/mol. The van der Waals surface area contributed by atoms with Gasteiger partial charge in [-0.25, -0.2) is 13.8 Å². The van der Waals surface area contributed by atoms with Crippen LogP contribution in [-0.2, 0) is 6.42 Å². The summed E-state index contributed by atoms with van der Waals surface area (Å²) in [6, 6.07) is 7.96. The van der Waals surface area contributed by atoms with E-state index < -0.39 is 11.6 Å². The third-order valence-corrected chi connectivity index (χ3v) is 5.73. The van der Waals surface area contributed by atoms with Crippen molar-refractivity contribution in [2.45, 2.75) is 13.3 Å². The van der Waals surface area contributed by atoms with E-state index in [1.54, 1.807) is 12.3 Å². The maximum atomic E-state index is 13.3. The zero-order valence-electron chi connectivity index (χ0n) is 16.1. The largest absolute Gasteiger partial charge is 0.344 e. The number of hydrogen-bond acceptors (Lipinski definition) is 6. The van der Waals surface area contributed by atoms with Crippen molar-refractivity contribution < 1.29 is 8.78 Å². The minimum absolute atomic E-state index is 0.580. The maximum Gasteiger partial charge on any atom is 0.239 e. The molecule has 1 saturated heterocycles. The predicted molar refractivity (Wildman–Crippen MR) is 109 cm³/mol. The van der Waals surface area contributed by atoms with Crippen molar-refractivity contribution in [3.8, 4) is 0 Å². The summed E-state index contributed by atoms with van der Waals surface area (Å²) in [6.07, 6.45) is 2.43. The molecule has 0 aliphatic carbocycles. The Morgan fingerprint density at radius 2 is 1.93 bits per heavy atom. The summed E-state index contributed by atoms with van der Waals surface area (Å²) in [4.78, 5) is 17.9. The van der Waals surface area contributed by atoms with Crippen molar-refractivity contribution >= 4 is 22.4 Å². The minimum Gasteiger partial charge on any atom is -0.344 e. The number of benzene rings is 1. The molecule has 0 bridgehead atoms. The van der Waals surface area contributed by atoms with E-state index in [-0.39, 0.29) is 0 Å². The first-order valence-corrected chi connectivity index (χ1v) is 10.3. The molecule has 2 aromatic heterocycles. The molecule has 0 saturated carbocycles. The standard InChI is InChI=1S/C20H22F2N6S/c1-14-2-4-16(13-23-14)24-19-25-20(29-26-19)28-10-8-27(9-11-28)7-6-15-3-5-17(21)18(22)12-15/h2-5,12-13H,6-11H2,1H3,(H,24,26). The summed E-state index contributed by atoms with van der Waals surface area (Å²) >= 11 is 1.47. The number of H-pyrrole nitrogens is 1. The van der Waals surface area contributed by atoms with Crippen molar-refractivity contribution in [3.63, 3.8) is 0 Å². The van der Waals surface area contributed by atoms with Gasteiger partial charge in [0.25, 0.3) is 0 Å². The number of hydrogen-bond donors (Lipinski definition) is 1. The van der Waals surface area contributed by atoms with E-state index in [2.05, 4.69) is 29.1 Å². The Balaban J connectivity index is 1.31. The highest BCUT2D eigenvalue weighted by molar-refractivity contribution is 7.09. The molecule has 0 spiro atoms. The molecule has 9 heteroatoms. The quantitative estimate of drug-likeness (QED) is 0.695. The normalized spacial score (nSPS) is 15.8. The third-order valence-electron chi connectivity index (χ3n) is 4.91. The molecular formula is C20H22F2N6S. The predicted octanol–water partition coefficient (Wildman–Crippen LogP) is 3.05. The van der Waals surface area contributed by atoms with Crippen LogP contribution in [0.1, 0.15) is 11.3 Å². The van der Waals surface area contributed by atoms with Gasteiger partial charge in [-0.3, -0.25) is 14.3 Å². The lowest BCUT2D eigenvalue weighted by molar-refractivity contribution is 0.261. The van der Waals surface area contributed by atoms with Crippen molar-refractivity contribution in [1.29, 1.82) is 0 Å². The van der Waals surface area contributed by atoms with Gasteiger partial charge in [0.1, 0.15) is 0 Å². The summed E-state index contributed by atoms with van der Waals surface area (Å²) in [6.45, 7) is 6.29. The first-order valence-electron chi connectivity index (χ1n) is 9.51. The van der Waals surface area contributed by atoms with Gasteiger partial charge in [0.2, 0.25) is 10.7 Å². The summed E-state index contributed by atoms with van der Waals surface area (Å²) in [5, 5.41) is 0.920. The number of aryl methyl sites for hydroxylation is 1. The van der Waals surface area contributed by atoms with Crippen LogP contribution in [0.2, 0.25) is 0 Å². The van der Waals surface area contributed by atoms with Gasteiger partial charge in [0.05, 0.1) is 11.9 Å². The van der Waals surface area contributed by atoms with Crippen molar-refractivity contribution in [2.24, 2.45) is 4.99 Å². The van der Waals surface area contributed by atoms with E-state index in [1.165, 1.54) is 23.7 Å². The average Bonchev–Trinajstić information content (AvgIpc) is 3.19. The Morgan fingerprint density at radius 1 is 1.10 bits per heavy atom. The molecule has 0 atom stereocenters. The number of anilines is 1. The number of nitrogens with zero attached hydrogens (tertiary/aromatic N) is 5. The molecule has 3 heterocycles. The molecule has 0 unspecified atom stereocenters. The number of aromatic amines is 1. The smallest absolute Gasteiger partial charge is 0.239 e. The van der Waals surface area contributed by atoms with Crippen LogP contribution in [0.25, 0.3) is 0 Å². The minimum atomic E-state index is -0.799. The molecule has 0 amide bonds. The second kappa shape index (κ2) is 8.79. The van der Waals surface area contributed by atoms with Gasteiger partial charge in [-0.05, 0) is 54.7 Å². The van der Waals surface area contributed by atoms with E-state index in [0.29, 0.717) is 12.0 Å². The van der Waals surface area contributed by atoms with E-state index in [9.17, 15) is 8.78 Å². The lowest BCUT2D eigenvalue weighted by Crippen LogP contribution is -2.47. The first kappa shape index (κ1) is 19.7. The van der Waals surface area contributed by atoms with Gasteiger partial charge in [0, 0.05) is 38.4 Å². The van der Waals surface area contributed by atoms with Crippen LogP contribution in [0.5, 0.6) is 0 Å². The molecule has 1 aliphatic rings. The third kappa shape index (κ3) is 5.04. The molecule has 29 heavy (non-hydrogen) atoms. The molecular weight excluding hydrogens is 394 g/mol. The first-order chi connectivity index (χ1) is 14.1. The molecule has 3 aromatic rings. The Kier molecular flexibility index (Phi) is 5.96. The fraction of sp³-hybridized carbons (Fsp3) is 0.350. The fourth-order valence-electron chi connectivity index (χ4n) is 3.20. The van der Waals surface area contributed by atoms with E-state index >= 15 is 0 Å². The van der Waals surface area contributed by atoms with Gasteiger partial charge in [0.15, 0.2) is 11.6 Å². The molecule has 4 rings (SSSR count). The highest BCUT2D eigenvalue weighted by Gasteiger charge is 2.19. The van der Waals surface area contributed by atoms with Crippen LogP contribution in [0.4, 0.5) is 19.6 Å². The van der Waals surface area contributed by atoms with Gasteiger partial charge in [-0.15, -0.1) is 0 Å². The zero-order valence-corrected chi connectivity index (χ0v) is 16.9. The molecule has 1 aromatic carbocycles. The fourth-order valence-corrected chi connectivity index (χ4v) is 3.92. The molecule has 6 nitrogen and oxygen atoms in total. The molecule has 1 N–H and O–H groups in total. The number of halogens is 2. The number of rotatable bonds is 5. The second-order valence-corrected chi connectivity index (χ2v) is 7.79. The van der Waals surface area contributed by atoms with Crippen molar-refractivity contribution in [1.82, 2.24) is 19.2 Å². The van der Waals surface area contributed by atoms with E-state index in [1.807, 2.05) is 19.1 Å². The van der Waals surface area contributed by atoms with Crippen LogP contribution < -0.4 is 10.5 Å². The Hall–Kier alpha value is -2.65. The summed E-state index contributed by atoms with van der Waals surface area (Å²) in [5.41, 5.74) is 3.12. The summed E-state index contributed by atoms with van der Waals surface area (Å²) in [5.74, 6) is -1.58. The Morgan fingerprint density at radius 3 is 2.66 bits per heavy atom. The van der Waals surface area contributed by atoms with Crippen molar-refractivity contribution in [3.05, 3.63) is 65.0 Å². The van der Waals surface area contributed by atoms with Gasteiger partial charge >= 0.3 is 0 Å². The SMILES string of the molecule is Cc1ccc(N=c2nc(N3CCN(CCc4ccc(F)c(F)c4)CC3)s[nH]2)cn1.